The van der Waals surface area contributed by atoms with Crippen LogP contribution in [0.2, 0.25) is 0 Å². The van der Waals surface area contributed by atoms with Gasteiger partial charge in [-0.2, -0.15) is 0 Å². The van der Waals surface area contributed by atoms with Crippen LogP contribution in [0.15, 0.2) is 59.5 Å². The topological polar surface area (TPSA) is 12.0 Å². The normalized spacial score (nSPS) is 12.3. The minimum absolute atomic E-state index is 0.527. The second-order valence-electron chi connectivity index (χ2n) is 5.46. The van der Waals surface area contributed by atoms with Crippen LogP contribution in [0.4, 0.5) is 0 Å². The molecule has 0 fully saturated rings. The second kappa shape index (κ2) is 8.91. The highest BCUT2D eigenvalue weighted by atomic mass is 32.2. The van der Waals surface area contributed by atoms with Crippen molar-refractivity contribution in [1.82, 2.24) is 5.32 Å². The standard InChI is InChI=1S/C19H25NS/c1-3-13-20-18(14-17-7-5-4-6-8-17)15-21-19-11-9-16(2)10-12-19/h4-12,18,20H,3,13-15H2,1-2H3. The van der Waals surface area contributed by atoms with E-state index >= 15 is 0 Å². The molecule has 0 saturated carbocycles. The maximum Gasteiger partial charge on any atom is 0.0202 e. The van der Waals surface area contributed by atoms with Crippen LogP contribution in [0.5, 0.6) is 0 Å². The molecular formula is C19H25NS. The molecule has 0 aliphatic carbocycles. The molecule has 0 aliphatic rings. The molecular weight excluding hydrogens is 274 g/mol. The Kier molecular flexibility index (Phi) is 6.84. The molecule has 0 heterocycles. The van der Waals surface area contributed by atoms with Crippen molar-refractivity contribution in [3.8, 4) is 0 Å². The van der Waals surface area contributed by atoms with Crippen molar-refractivity contribution in [2.75, 3.05) is 12.3 Å². The fourth-order valence-corrected chi connectivity index (χ4v) is 3.23. The Morgan fingerprint density at radius 3 is 2.38 bits per heavy atom. The van der Waals surface area contributed by atoms with Crippen LogP contribution in [0.1, 0.15) is 24.5 Å². The molecule has 0 spiro atoms. The smallest absolute Gasteiger partial charge is 0.0202 e. The summed E-state index contributed by atoms with van der Waals surface area (Å²) in [6.45, 7) is 5.45. The van der Waals surface area contributed by atoms with E-state index in [-0.39, 0.29) is 0 Å². The van der Waals surface area contributed by atoms with Crippen molar-refractivity contribution in [2.24, 2.45) is 0 Å². The van der Waals surface area contributed by atoms with E-state index in [0.29, 0.717) is 6.04 Å². The summed E-state index contributed by atoms with van der Waals surface area (Å²) in [4.78, 5) is 1.36. The third-order valence-corrected chi connectivity index (χ3v) is 4.65. The van der Waals surface area contributed by atoms with Gasteiger partial charge in [-0.25, -0.2) is 0 Å². The molecule has 112 valence electrons. The summed E-state index contributed by atoms with van der Waals surface area (Å²) >= 11 is 1.94. The van der Waals surface area contributed by atoms with Gasteiger partial charge in [0.25, 0.3) is 0 Å². The number of nitrogens with one attached hydrogen (secondary N) is 1. The largest absolute Gasteiger partial charge is 0.313 e. The Hall–Kier alpha value is -1.25. The highest BCUT2D eigenvalue weighted by Crippen LogP contribution is 2.20. The summed E-state index contributed by atoms with van der Waals surface area (Å²) in [5.41, 5.74) is 2.74. The van der Waals surface area contributed by atoms with E-state index in [1.165, 1.54) is 22.4 Å². The fraction of sp³-hybridized carbons (Fsp3) is 0.368. The van der Waals surface area contributed by atoms with Crippen molar-refractivity contribution >= 4 is 11.8 Å². The lowest BCUT2D eigenvalue weighted by Crippen LogP contribution is -2.34. The zero-order valence-electron chi connectivity index (χ0n) is 13.0. The van der Waals surface area contributed by atoms with Gasteiger partial charge in [0, 0.05) is 16.7 Å². The summed E-state index contributed by atoms with van der Waals surface area (Å²) in [5.74, 6) is 1.11. The summed E-state index contributed by atoms with van der Waals surface area (Å²) in [7, 11) is 0. The van der Waals surface area contributed by atoms with Crippen LogP contribution in [-0.2, 0) is 6.42 Å². The lowest BCUT2D eigenvalue weighted by molar-refractivity contribution is 0.550. The SMILES string of the molecule is CCCNC(CSc1ccc(C)cc1)Cc1ccccc1. The monoisotopic (exact) mass is 299 g/mol. The van der Waals surface area contributed by atoms with E-state index < -0.39 is 0 Å². The van der Waals surface area contributed by atoms with Crippen molar-refractivity contribution < 1.29 is 0 Å². The van der Waals surface area contributed by atoms with Gasteiger partial charge in [0.1, 0.15) is 0 Å². The number of hydrogen-bond acceptors (Lipinski definition) is 2. The number of rotatable bonds is 8. The molecule has 1 unspecified atom stereocenters. The van der Waals surface area contributed by atoms with Gasteiger partial charge in [-0.15, -0.1) is 11.8 Å². The van der Waals surface area contributed by atoms with Crippen LogP contribution >= 0.6 is 11.8 Å². The first-order valence-corrected chi connectivity index (χ1v) is 8.73. The Bertz CT molecular complexity index is 507. The summed E-state index contributed by atoms with van der Waals surface area (Å²) in [6.07, 6.45) is 2.28. The predicted molar refractivity (Wildman–Crippen MR) is 94.1 cm³/mol. The van der Waals surface area contributed by atoms with E-state index in [1.807, 2.05) is 11.8 Å². The highest BCUT2D eigenvalue weighted by Gasteiger charge is 2.09. The third kappa shape index (κ3) is 5.94. The Morgan fingerprint density at radius 1 is 1.00 bits per heavy atom. The maximum absolute atomic E-state index is 3.68. The Balaban J connectivity index is 1.91. The molecule has 2 rings (SSSR count). The van der Waals surface area contributed by atoms with Gasteiger partial charge in [-0.1, -0.05) is 55.0 Å². The average molecular weight is 299 g/mol. The van der Waals surface area contributed by atoms with E-state index in [9.17, 15) is 0 Å². The molecule has 0 amide bonds. The van der Waals surface area contributed by atoms with E-state index in [1.54, 1.807) is 0 Å². The first-order chi connectivity index (χ1) is 10.3. The molecule has 0 aliphatic heterocycles. The second-order valence-corrected chi connectivity index (χ2v) is 6.56. The van der Waals surface area contributed by atoms with Gasteiger partial charge >= 0.3 is 0 Å². The van der Waals surface area contributed by atoms with Crippen LogP contribution in [-0.4, -0.2) is 18.3 Å². The van der Waals surface area contributed by atoms with Crippen molar-refractivity contribution in [3.05, 3.63) is 65.7 Å². The Labute approximate surface area is 133 Å². The van der Waals surface area contributed by atoms with Gasteiger partial charge < -0.3 is 5.32 Å². The van der Waals surface area contributed by atoms with Crippen LogP contribution < -0.4 is 5.32 Å². The van der Waals surface area contributed by atoms with Gasteiger partial charge in [-0.3, -0.25) is 0 Å². The van der Waals surface area contributed by atoms with Crippen molar-refractivity contribution in [3.63, 3.8) is 0 Å². The molecule has 2 aromatic carbocycles. The van der Waals surface area contributed by atoms with Crippen LogP contribution in [0.3, 0.4) is 0 Å². The third-order valence-electron chi connectivity index (χ3n) is 3.48. The molecule has 0 radical (unpaired) electrons. The van der Waals surface area contributed by atoms with Crippen molar-refractivity contribution in [1.29, 1.82) is 0 Å². The Morgan fingerprint density at radius 2 is 1.71 bits per heavy atom. The molecule has 21 heavy (non-hydrogen) atoms. The molecule has 1 N–H and O–H groups in total. The lowest BCUT2D eigenvalue weighted by Gasteiger charge is -2.18. The first-order valence-electron chi connectivity index (χ1n) is 7.74. The van der Waals surface area contributed by atoms with Crippen LogP contribution in [0, 0.1) is 6.92 Å². The predicted octanol–water partition coefficient (Wildman–Crippen LogP) is 4.70. The molecule has 0 bridgehead atoms. The van der Waals surface area contributed by atoms with Gasteiger partial charge in [-0.05, 0) is 44.0 Å². The van der Waals surface area contributed by atoms with Gasteiger partial charge in [0.15, 0.2) is 0 Å². The minimum Gasteiger partial charge on any atom is -0.313 e. The van der Waals surface area contributed by atoms with E-state index in [4.69, 9.17) is 0 Å². The molecule has 1 atom stereocenters. The van der Waals surface area contributed by atoms with Crippen molar-refractivity contribution in [2.45, 2.75) is 37.6 Å². The molecule has 2 heteroatoms. The van der Waals surface area contributed by atoms with Gasteiger partial charge in [0.05, 0.1) is 0 Å². The highest BCUT2D eigenvalue weighted by molar-refractivity contribution is 7.99. The summed E-state index contributed by atoms with van der Waals surface area (Å²) in [6, 6.07) is 20.1. The van der Waals surface area contributed by atoms with E-state index in [0.717, 1.165) is 18.7 Å². The van der Waals surface area contributed by atoms with Crippen LogP contribution in [0.25, 0.3) is 0 Å². The van der Waals surface area contributed by atoms with Gasteiger partial charge in [0.2, 0.25) is 0 Å². The minimum atomic E-state index is 0.527. The maximum atomic E-state index is 3.68. The molecule has 2 aromatic rings. The molecule has 1 nitrogen and oxygen atoms in total. The zero-order chi connectivity index (χ0) is 14.9. The lowest BCUT2D eigenvalue weighted by atomic mass is 10.1. The first kappa shape index (κ1) is 16.1. The number of thioether (sulfide) groups is 1. The summed E-state index contributed by atoms with van der Waals surface area (Å²) < 4.78 is 0. The fourth-order valence-electron chi connectivity index (χ4n) is 2.27. The molecule has 0 aromatic heterocycles. The zero-order valence-corrected chi connectivity index (χ0v) is 13.8. The quantitative estimate of drug-likeness (QED) is 0.709. The van der Waals surface area contributed by atoms with E-state index in [2.05, 4.69) is 73.8 Å². The summed E-state index contributed by atoms with van der Waals surface area (Å²) in [5, 5.41) is 3.68. The molecule has 0 saturated heterocycles. The number of hydrogen-bond donors (Lipinski definition) is 1. The number of benzene rings is 2. The number of aryl methyl sites for hydroxylation is 1. The average Bonchev–Trinajstić information content (AvgIpc) is 2.52.